The van der Waals surface area contributed by atoms with Crippen LogP contribution in [0.2, 0.25) is 0 Å². The van der Waals surface area contributed by atoms with Crippen LogP contribution in [0.1, 0.15) is 26.2 Å². The summed E-state index contributed by atoms with van der Waals surface area (Å²) in [6.07, 6.45) is 2.22. The number of nitrogens with two attached hydrogens (primary N) is 1. The zero-order valence-corrected chi connectivity index (χ0v) is 16.2. The summed E-state index contributed by atoms with van der Waals surface area (Å²) in [7, 11) is 0. The van der Waals surface area contributed by atoms with Crippen molar-refractivity contribution in [2.45, 2.75) is 32.2 Å². The number of nitrogens with zero attached hydrogens (tertiary/aromatic N) is 1. The van der Waals surface area contributed by atoms with Crippen molar-refractivity contribution in [3.8, 4) is 0 Å². The van der Waals surface area contributed by atoms with E-state index in [1.807, 2.05) is 11.8 Å². The van der Waals surface area contributed by atoms with E-state index in [0.717, 1.165) is 25.9 Å². The standard InChI is InChI=1S/C19H29N5O4/c1-2-3-4-16(23-19(20)27)18(26)22-15-7-5-14(6-8-15)21-17(25)13-24-9-11-28-12-10-24/h5-8,16H,2-4,9-13H2,1H3,(H,21,25)(H,22,26)(H3,20,23,27). The fraction of sp³-hybridized carbons (Fsp3) is 0.526. The van der Waals surface area contributed by atoms with Crippen LogP contribution in [0, 0.1) is 0 Å². The number of amides is 4. The first-order chi connectivity index (χ1) is 13.5. The van der Waals surface area contributed by atoms with Gasteiger partial charge >= 0.3 is 6.03 Å². The molecule has 28 heavy (non-hydrogen) atoms. The van der Waals surface area contributed by atoms with Gasteiger partial charge in [0.15, 0.2) is 0 Å². The number of urea groups is 1. The molecule has 9 nitrogen and oxygen atoms in total. The molecule has 0 bridgehead atoms. The maximum atomic E-state index is 12.4. The Hall–Kier alpha value is -2.65. The van der Waals surface area contributed by atoms with Crippen molar-refractivity contribution in [2.24, 2.45) is 5.73 Å². The summed E-state index contributed by atoms with van der Waals surface area (Å²) in [6, 6.07) is 5.43. The fourth-order valence-electron chi connectivity index (χ4n) is 2.88. The second-order valence-electron chi connectivity index (χ2n) is 6.71. The highest BCUT2D eigenvalue weighted by molar-refractivity contribution is 5.97. The molecule has 1 atom stereocenters. The van der Waals surface area contributed by atoms with Gasteiger partial charge in [-0.3, -0.25) is 14.5 Å². The van der Waals surface area contributed by atoms with Crippen molar-refractivity contribution < 1.29 is 19.1 Å². The Morgan fingerprint density at radius 3 is 2.29 bits per heavy atom. The Morgan fingerprint density at radius 1 is 1.11 bits per heavy atom. The van der Waals surface area contributed by atoms with Crippen LogP contribution in [0.3, 0.4) is 0 Å². The smallest absolute Gasteiger partial charge is 0.312 e. The van der Waals surface area contributed by atoms with E-state index < -0.39 is 12.1 Å². The molecule has 9 heteroatoms. The SMILES string of the molecule is CCCCC(NC(N)=O)C(=O)Nc1ccc(NC(=O)CN2CCOCC2)cc1. The van der Waals surface area contributed by atoms with Gasteiger partial charge in [0.05, 0.1) is 19.8 Å². The van der Waals surface area contributed by atoms with Crippen molar-refractivity contribution in [2.75, 3.05) is 43.5 Å². The van der Waals surface area contributed by atoms with Crippen molar-refractivity contribution >= 4 is 29.2 Å². The molecule has 0 spiro atoms. The van der Waals surface area contributed by atoms with Gasteiger partial charge in [-0.25, -0.2) is 4.79 Å². The third-order valence-electron chi connectivity index (χ3n) is 4.39. The molecule has 1 unspecified atom stereocenters. The quantitative estimate of drug-likeness (QED) is 0.502. The number of carbonyl (C=O) groups is 3. The minimum absolute atomic E-state index is 0.0935. The minimum atomic E-state index is -0.727. The molecule has 2 rings (SSSR count). The topological polar surface area (TPSA) is 126 Å². The van der Waals surface area contributed by atoms with Crippen LogP contribution < -0.4 is 21.7 Å². The second-order valence-corrected chi connectivity index (χ2v) is 6.71. The maximum Gasteiger partial charge on any atom is 0.312 e. The van der Waals surface area contributed by atoms with Gasteiger partial charge in [0.1, 0.15) is 6.04 Å². The molecule has 1 aliphatic heterocycles. The van der Waals surface area contributed by atoms with Crippen molar-refractivity contribution in [1.29, 1.82) is 0 Å². The number of nitrogens with one attached hydrogen (secondary N) is 3. The highest BCUT2D eigenvalue weighted by Gasteiger charge is 2.19. The molecular formula is C19H29N5O4. The number of hydrogen-bond donors (Lipinski definition) is 4. The average Bonchev–Trinajstić information content (AvgIpc) is 2.67. The lowest BCUT2D eigenvalue weighted by Gasteiger charge is -2.25. The van der Waals surface area contributed by atoms with Gasteiger partial charge < -0.3 is 26.4 Å². The van der Waals surface area contributed by atoms with Gasteiger partial charge in [-0.15, -0.1) is 0 Å². The minimum Gasteiger partial charge on any atom is -0.379 e. The maximum absolute atomic E-state index is 12.4. The number of unbranched alkanes of at least 4 members (excludes halogenated alkanes) is 1. The van der Waals surface area contributed by atoms with E-state index in [0.29, 0.717) is 37.6 Å². The first-order valence-electron chi connectivity index (χ1n) is 9.54. The molecule has 1 saturated heterocycles. The summed E-state index contributed by atoms with van der Waals surface area (Å²) in [4.78, 5) is 37.6. The van der Waals surface area contributed by atoms with Gasteiger partial charge in [-0.05, 0) is 30.7 Å². The predicted molar refractivity (Wildman–Crippen MR) is 107 cm³/mol. The summed E-state index contributed by atoms with van der Waals surface area (Å²) < 4.78 is 5.27. The normalized spacial score (nSPS) is 15.5. The molecule has 5 N–H and O–H groups in total. The number of anilines is 2. The number of morpholine rings is 1. The Morgan fingerprint density at radius 2 is 1.71 bits per heavy atom. The van der Waals surface area contributed by atoms with Crippen molar-refractivity contribution in [3.05, 3.63) is 24.3 Å². The van der Waals surface area contributed by atoms with Crippen LogP contribution in [0.15, 0.2) is 24.3 Å². The molecule has 1 aromatic carbocycles. The monoisotopic (exact) mass is 391 g/mol. The third-order valence-corrected chi connectivity index (χ3v) is 4.39. The van der Waals surface area contributed by atoms with E-state index in [-0.39, 0.29) is 11.8 Å². The molecule has 1 fully saturated rings. The Bertz CT molecular complexity index is 659. The highest BCUT2D eigenvalue weighted by Crippen LogP contribution is 2.15. The Labute approximate surface area is 165 Å². The lowest BCUT2D eigenvalue weighted by molar-refractivity contribution is -0.119. The van der Waals surface area contributed by atoms with Crippen LogP contribution in [0.5, 0.6) is 0 Å². The van der Waals surface area contributed by atoms with Gasteiger partial charge in [0, 0.05) is 24.5 Å². The number of ether oxygens (including phenoxy) is 1. The lowest BCUT2D eigenvalue weighted by atomic mass is 10.1. The zero-order valence-electron chi connectivity index (χ0n) is 16.2. The van der Waals surface area contributed by atoms with Gasteiger partial charge in [0.25, 0.3) is 0 Å². The van der Waals surface area contributed by atoms with E-state index in [4.69, 9.17) is 10.5 Å². The Kier molecular flexibility index (Phi) is 8.70. The molecule has 1 aromatic rings. The number of benzene rings is 1. The molecule has 1 aliphatic rings. The third kappa shape index (κ3) is 7.53. The van der Waals surface area contributed by atoms with Crippen molar-refractivity contribution in [3.63, 3.8) is 0 Å². The van der Waals surface area contributed by atoms with Gasteiger partial charge in [-0.1, -0.05) is 19.8 Å². The summed E-state index contributed by atoms with van der Waals surface area (Å²) in [5.41, 5.74) is 6.37. The molecule has 0 aliphatic carbocycles. The van der Waals surface area contributed by atoms with E-state index in [2.05, 4.69) is 16.0 Å². The van der Waals surface area contributed by atoms with E-state index >= 15 is 0 Å². The van der Waals surface area contributed by atoms with Crippen LogP contribution >= 0.6 is 0 Å². The summed E-state index contributed by atoms with van der Waals surface area (Å²) in [5.74, 6) is -0.416. The molecule has 0 saturated carbocycles. The Balaban J connectivity index is 1.85. The molecule has 4 amide bonds. The van der Waals surface area contributed by atoms with Crippen LogP contribution in [0.4, 0.5) is 16.2 Å². The molecular weight excluding hydrogens is 362 g/mol. The highest BCUT2D eigenvalue weighted by atomic mass is 16.5. The van der Waals surface area contributed by atoms with E-state index in [9.17, 15) is 14.4 Å². The summed E-state index contributed by atoms with van der Waals surface area (Å²) in [5, 5.41) is 8.06. The van der Waals surface area contributed by atoms with Crippen LogP contribution in [-0.4, -0.2) is 61.6 Å². The fourth-order valence-corrected chi connectivity index (χ4v) is 2.88. The molecule has 0 aromatic heterocycles. The molecule has 0 radical (unpaired) electrons. The average molecular weight is 391 g/mol. The summed E-state index contributed by atoms with van der Waals surface area (Å²) in [6.45, 7) is 5.11. The first-order valence-corrected chi connectivity index (χ1v) is 9.54. The number of carbonyl (C=O) groups excluding carboxylic acids is 3. The van der Waals surface area contributed by atoms with E-state index in [1.54, 1.807) is 24.3 Å². The van der Waals surface area contributed by atoms with Gasteiger partial charge in [0.2, 0.25) is 11.8 Å². The van der Waals surface area contributed by atoms with Gasteiger partial charge in [-0.2, -0.15) is 0 Å². The first kappa shape index (κ1) is 21.6. The predicted octanol–water partition coefficient (Wildman–Crippen LogP) is 1.12. The number of hydrogen-bond acceptors (Lipinski definition) is 5. The number of primary amides is 1. The zero-order chi connectivity index (χ0) is 20.4. The van der Waals surface area contributed by atoms with Crippen molar-refractivity contribution in [1.82, 2.24) is 10.2 Å². The second kappa shape index (κ2) is 11.3. The van der Waals surface area contributed by atoms with Crippen LogP contribution in [0.25, 0.3) is 0 Å². The van der Waals surface area contributed by atoms with E-state index in [1.165, 1.54) is 0 Å². The number of rotatable bonds is 9. The summed E-state index contributed by atoms with van der Waals surface area (Å²) >= 11 is 0. The largest absolute Gasteiger partial charge is 0.379 e. The molecule has 154 valence electrons. The molecule has 1 heterocycles. The van der Waals surface area contributed by atoms with Crippen LogP contribution in [-0.2, 0) is 14.3 Å². The lowest BCUT2D eigenvalue weighted by Crippen LogP contribution is -2.46.